The summed E-state index contributed by atoms with van der Waals surface area (Å²) in [6, 6.07) is 12.2. The molecule has 1 aliphatic heterocycles. The summed E-state index contributed by atoms with van der Waals surface area (Å²) in [5, 5.41) is 2.69. The van der Waals surface area contributed by atoms with Crippen LogP contribution in [0.3, 0.4) is 0 Å². The summed E-state index contributed by atoms with van der Waals surface area (Å²) in [5.74, 6) is -0.521. The predicted octanol–water partition coefficient (Wildman–Crippen LogP) is 6.69. The lowest BCUT2D eigenvalue weighted by molar-refractivity contribution is -0.274. The van der Waals surface area contributed by atoms with Crippen LogP contribution in [0.4, 0.5) is 23.7 Å². The van der Waals surface area contributed by atoms with Crippen molar-refractivity contribution in [3.63, 3.8) is 0 Å². The number of methoxy groups -OCH3 is 1. The first-order valence-corrected chi connectivity index (χ1v) is 14.6. The second-order valence-electron chi connectivity index (χ2n) is 12.5. The summed E-state index contributed by atoms with van der Waals surface area (Å²) in [6.07, 6.45) is -0.248. The number of rotatable bonds is 8. The van der Waals surface area contributed by atoms with Gasteiger partial charge in [-0.1, -0.05) is 32.9 Å². The van der Waals surface area contributed by atoms with Gasteiger partial charge in [0.2, 0.25) is 0 Å². The molecule has 0 atom stereocenters. The minimum atomic E-state index is -4.79. The van der Waals surface area contributed by atoms with Gasteiger partial charge in [0.15, 0.2) is 0 Å². The number of carbonyl (C=O) groups excluding carboxylic acids is 3. The third kappa shape index (κ3) is 8.00. The first kappa shape index (κ1) is 32.2. The second-order valence-corrected chi connectivity index (χ2v) is 12.5. The molecule has 1 saturated carbocycles. The summed E-state index contributed by atoms with van der Waals surface area (Å²) in [6.45, 7) is 7.70. The third-order valence-corrected chi connectivity index (χ3v) is 8.76. The summed E-state index contributed by atoms with van der Waals surface area (Å²) in [5.41, 5.74) is 1.62. The molecule has 3 amide bonds. The van der Waals surface area contributed by atoms with Crippen LogP contribution in [0.1, 0.15) is 75.2 Å². The highest BCUT2D eigenvalue weighted by Crippen LogP contribution is 2.47. The third-order valence-electron chi connectivity index (χ3n) is 8.76. The Bertz CT molecular complexity index is 1280. The maximum absolute atomic E-state index is 14.1. The van der Waals surface area contributed by atoms with Gasteiger partial charge in [-0.25, -0.2) is 4.79 Å². The molecule has 0 bridgehead atoms. The van der Waals surface area contributed by atoms with Crippen molar-refractivity contribution in [3.05, 3.63) is 59.7 Å². The average molecular weight is 604 g/mol. The highest BCUT2D eigenvalue weighted by molar-refractivity contribution is 5.95. The fourth-order valence-corrected chi connectivity index (χ4v) is 6.17. The van der Waals surface area contributed by atoms with Crippen molar-refractivity contribution >= 4 is 23.6 Å². The molecule has 11 heteroatoms. The monoisotopic (exact) mass is 603 g/mol. The molecule has 8 nitrogen and oxygen atoms in total. The second kappa shape index (κ2) is 12.9. The number of nitrogens with one attached hydrogen (secondary N) is 1. The van der Waals surface area contributed by atoms with Crippen LogP contribution in [0.5, 0.6) is 5.75 Å². The van der Waals surface area contributed by atoms with Crippen LogP contribution < -0.4 is 15.0 Å². The molecule has 0 radical (unpaired) electrons. The Kier molecular flexibility index (Phi) is 9.61. The lowest BCUT2D eigenvalue weighted by Crippen LogP contribution is -2.63. The molecule has 2 aromatic carbocycles. The fourth-order valence-electron chi connectivity index (χ4n) is 6.17. The lowest BCUT2D eigenvalue weighted by Gasteiger charge is -2.54. The van der Waals surface area contributed by atoms with Crippen LogP contribution in [0, 0.1) is 11.3 Å². The number of amides is 3. The van der Waals surface area contributed by atoms with Gasteiger partial charge in [0.1, 0.15) is 5.75 Å². The van der Waals surface area contributed by atoms with Gasteiger partial charge in [-0.05, 0) is 85.4 Å². The number of ether oxygens (including phenoxy) is 2. The van der Waals surface area contributed by atoms with Crippen LogP contribution in [0.15, 0.2) is 48.5 Å². The Balaban J connectivity index is 1.53. The largest absolute Gasteiger partial charge is 0.573 e. The van der Waals surface area contributed by atoms with Gasteiger partial charge < -0.3 is 19.7 Å². The van der Waals surface area contributed by atoms with E-state index in [9.17, 15) is 27.6 Å². The molecule has 0 aromatic heterocycles. The number of benzene rings is 2. The molecule has 4 rings (SSSR count). The molecule has 2 fully saturated rings. The molecule has 43 heavy (non-hydrogen) atoms. The van der Waals surface area contributed by atoms with E-state index in [1.165, 1.54) is 31.4 Å². The number of hydrogen-bond acceptors (Lipinski definition) is 5. The summed E-state index contributed by atoms with van der Waals surface area (Å²) in [4.78, 5) is 41.5. The highest BCUT2D eigenvalue weighted by Gasteiger charge is 2.48. The van der Waals surface area contributed by atoms with Crippen LogP contribution in [-0.4, -0.2) is 54.9 Å². The van der Waals surface area contributed by atoms with Crippen LogP contribution in [0.25, 0.3) is 0 Å². The fraction of sp³-hybridized carbons (Fsp3) is 0.531. The van der Waals surface area contributed by atoms with Gasteiger partial charge >= 0.3 is 18.4 Å². The van der Waals surface area contributed by atoms with Gasteiger partial charge in [0.05, 0.1) is 13.5 Å². The average Bonchev–Trinajstić information content (AvgIpc) is 2.95. The number of anilines is 1. The predicted molar refractivity (Wildman–Crippen MR) is 156 cm³/mol. The molecule has 1 saturated heterocycles. The number of hydrogen-bond donors (Lipinski definition) is 1. The van der Waals surface area contributed by atoms with Crippen molar-refractivity contribution in [1.29, 1.82) is 0 Å². The van der Waals surface area contributed by atoms with Gasteiger partial charge in [0, 0.05) is 36.4 Å². The zero-order chi connectivity index (χ0) is 31.4. The first-order valence-electron chi connectivity index (χ1n) is 14.6. The Labute approximate surface area is 250 Å². The zero-order valence-corrected chi connectivity index (χ0v) is 25.1. The number of urea groups is 1. The van der Waals surface area contributed by atoms with Gasteiger partial charge in [-0.2, -0.15) is 0 Å². The smallest absolute Gasteiger partial charge is 0.469 e. The molecule has 1 heterocycles. The highest BCUT2D eigenvalue weighted by atomic mass is 19.4. The van der Waals surface area contributed by atoms with E-state index in [1.54, 1.807) is 17.0 Å². The van der Waals surface area contributed by atoms with Crippen LogP contribution in [0.2, 0.25) is 0 Å². The number of halogens is 3. The van der Waals surface area contributed by atoms with Gasteiger partial charge in [-0.15, -0.1) is 13.2 Å². The van der Waals surface area contributed by atoms with Crippen molar-refractivity contribution in [2.24, 2.45) is 11.3 Å². The summed E-state index contributed by atoms with van der Waals surface area (Å²) < 4.78 is 46.6. The van der Waals surface area contributed by atoms with E-state index in [2.05, 4.69) is 35.6 Å². The van der Waals surface area contributed by atoms with E-state index in [4.69, 9.17) is 0 Å². The quantitative estimate of drug-likeness (QED) is 0.340. The molecular formula is C32H40F3N3O5. The van der Waals surface area contributed by atoms with E-state index in [0.29, 0.717) is 30.3 Å². The molecule has 2 aliphatic rings. The number of alkyl halides is 3. The molecule has 2 aromatic rings. The molecular weight excluding hydrogens is 563 g/mol. The molecule has 1 N–H and O–H groups in total. The lowest BCUT2D eigenvalue weighted by atomic mass is 9.65. The summed E-state index contributed by atoms with van der Waals surface area (Å²) >= 11 is 0. The van der Waals surface area contributed by atoms with Gasteiger partial charge in [-0.3, -0.25) is 14.5 Å². The number of nitrogens with zero attached hydrogens (tertiary/aromatic N) is 2. The van der Waals surface area contributed by atoms with E-state index in [1.807, 2.05) is 17.0 Å². The van der Waals surface area contributed by atoms with E-state index in [0.717, 1.165) is 37.7 Å². The zero-order valence-electron chi connectivity index (χ0n) is 25.1. The molecule has 1 aliphatic carbocycles. The SMILES string of the molecule is COC(=O)CCNC(=O)c1ccc(CN2C(=O)N(c3ccc(OC(F)(F)F)cc3)CCC23CCC(C(C)(C)C)CC3)cc1. The number of carbonyl (C=O) groups is 3. The van der Waals surface area contributed by atoms with E-state index >= 15 is 0 Å². The van der Waals surface area contributed by atoms with Crippen molar-refractivity contribution in [2.75, 3.05) is 25.1 Å². The van der Waals surface area contributed by atoms with Crippen molar-refractivity contribution in [3.8, 4) is 5.75 Å². The minimum absolute atomic E-state index is 0.0735. The van der Waals surface area contributed by atoms with Crippen molar-refractivity contribution in [1.82, 2.24) is 10.2 Å². The van der Waals surface area contributed by atoms with Crippen molar-refractivity contribution < 1.29 is 37.0 Å². The maximum atomic E-state index is 14.1. The molecule has 1 spiro atoms. The number of esters is 1. The maximum Gasteiger partial charge on any atom is 0.573 e. The summed E-state index contributed by atoms with van der Waals surface area (Å²) in [7, 11) is 1.29. The first-order chi connectivity index (χ1) is 20.2. The molecule has 234 valence electrons. The Morgan fingerprint density at radius 2 is 1.60 bits per heavy atom. The molecule has 0 unspecified atom stereocenters. The minimum Gasteiger partial charge on any atom is -0.469 e. The normalized spacial score (nSPS) is 21.1. The van der Waals surface area contributed by atoms with Crippen LogP contribution in [-0.2, 0) is 16.1 Å². The Morgan fingerprint density at radius 1 is 0.977 bits per heavy atom. The standard InChI is InChI=1S/C32H40F3N3O5/c1-30(2,3)24-13-16-31(17-14-24)18-20-37(25-9-11-26(12-10-25)43-32(33,34)35)29(41)38(31)21-22-5-7-23(8-6-22)28(40)36-19-15-27(39)42-4/h5-12,24H,13-21H2,1-4H3,(H,36,40). The van der Waals surface area contributed by atoms with E-state index < -0.39 is 12.3 Å². The Morgan fingerprint density at radius 3 is 2.16 bits per heavy atom. The van der Waals surface area contributed by atoms with Gasteiger partial charge in [0.25, 0.3) is 5.91 Å². The Hall–Kier alpha value is -3.76. The van der Waals surface area contributed by atoms with E-state index in [-0.39, 0.29) is 41.6 Å². The topological polar surface area (TPSA) is 88.2 Å². The van der Waals surface area contributed by atoms with Crippen LogP contribution >= 0.6 is 0 Å². The van der Waals surface area contributed by atoms with Crippen molar-refractivity contribution in [2.45, 2.75) is 77.7 Å².